The SMILES string of the molecule is N#CCc1ccc(-c2ccc(Cl)c(Cl)c2Cl)c(F)n1. The molecule has 6 heteroatoms. The summed E-state index contributed by atoms with van der Waals surface area (Å²) in [4.78, 5) is 3.71. The van der Waals surface area contributed by atoms with Gasteiger partial charge in [-0.1, -0.05) is 40.9 Å². The van der Waals surface area contributed by atoms with Crippen LogP contribution in [-0.2, 0) is 6.42 Å². The van der Waals surface area contributed by atoms with Crippen LogP contribution in [0.3, 0.4) is 0 Å². The fraction of sp³-hybridized carbons (Fsp3) is 0.0769. The third-order valence-corrected chi connectivity index (χ3v) is 3.79. The Kier molecular flexibility index (Phi) is 4.26. The topological polar surface area (TPSA) is 36.7 Å². The average Bonchev–Trinajstić information content (AvgIpc) is 2.38. The molecule has 1 heterocycles. The number of nitriles is 1. The molecule has 19 heavy (non-hydrogen) atoms. The Morgan fingerprint density at radius 2 is 1.74 bits per heavy atom. The molecule has 0 amide bonds. The van der Waals surface area contributed by atoms with Crippen molar-refractivity contribution in [1.29, 1.82) is 5.26 Å². The molecule has 1 aromatic heterocycles. The molecule has 0 unspecified atom stereocenters. The highest BCUT2D eigenvalue weighted by Gasteiger charge is 2.14. The number of benzene rings is 1. The number of aromatic nitrogens is 1. The largest absolute Gasteiger partial charge is 0.223 e. The molecule has 2 rings (SSSR count). The van der Waals surface area contributed by atoms with Crippen molar-refractivity contribution >= 4 is 34.8 Å². The third kappa shape index (κ3) is 2.82. The van der Waals surface area contributed by atoms with E-state index in [4.69, 9.17) is 40.1 Å². The van der Waals surface area contributed by atoms with E-state index in [1.54, 1.807) is 12.1 Å². The molecule has 0 radical (unpaired) electrons. The third-order valence-electron chi connectivity index (χ3n) is 2.49. The Morgan fingerprint density at radius 1 is 1.05 bits per heavy atom. The summed E-state index contributed by atoms with van der Waals surface area (Å²) in [6.07, 6.45) is 0.0479. The van der Waals surface area contributed by atoms with E-state index in [0.717, 1.165) is 0 Å². The van der Waals surface area contributed by atoms with Crippen molar-refractivity contribution in [3.8, 4) is 17.2 Å². The van der Waals surface area contributed by atoms with Crippen LogP contribution in [0.2, 0.25) is 15.1 Å². The van der Waals surface area contributed by atoms with Crippen molar-refractivity contribution in [3.05, 3.63) is 51.0 Å². The quantitative estimate of drug-likeness (QED) is 0.583. The van der Waals surface area contributed by atoms with E-state index in [1.165, 1.54) is 12.1 Å². The second-order valence-electron chi connectivity index (χ2n) is 3.70. The molecule has 0 fully saturated rings. The molecular weight excluding hydrogens is 310 g/mol. The zero-order valence-corrected chi connectivity index (χ0v) is 11.7. The highest BCUT2D eigenvalue weighted by Crippen LogP contribution is 2.38. The van der Waals surface area contributed by atoms with Crippen molar-refractivity contribution < 1.29 is 4.39 Å². The van der Waals surface area contributed by atoms with Crippen LogP contribution in [0.5, 0.6) is 0 Å². The van der Waals surface area contributed by atoms with Crippen LogP contribution in [0.15, 0.2) is 24.3 Å². The maximum Gasteiger partial charge on any atom is 0.221 e. The van der Waals surface area contributed by atoms with Crippen LogP contribution in [0.25, 0.3) is 11.1 Å². The Hall–Kier alpha value is -1.34. The summed E-state index contributed by atoms with van der Waals surface area (Å²) >= 11 is 17.8. The fourth-order valence-corrected chi connectivity index (χ4v) is 2.22. The highest BCUT2D eigenvalue weighted by molar-refractivity contribution is 6.49. The minimum absolute atomic E-state index is 0.0479. The Morgan fingerprint density at radius 3 is 2.37 bits per heavy atom. The van der Waals surface area contributed by atoms with Gasteiger partial charge in [0, 0.05) is 11.1 Å². The number of pyridine rings is 1. The Balaban J connectivity index is 2.54. The maximum absolute atomic E-state index is 13.9. The van der Waals surface area contributed by atoms with Gasteiger partial charge in [0.15, 0.2) is 0 Å². The molecule has 0 aliphatic rings. The van der Waals surface area contributed by atoms with Crippen LogP contribution >= 0.6 is 34.8 Å². The van der Waals surface area contributed by atoms with Crippen LogP contribution < -0.4 is 0 Å². The van der Waals surface area contributed by atoms with E-state index in [2.05, 4.69) is 4.98 Å². The van der Waals surface area contributed by atoms with Gasteiger partial charge in [0.1, 0.15) is 0 Å². The summed E-state index contributed by atoms with van der Waals surface area (Å²) < 4.78 is 13.9. The van der Waals surface area contributed by atoms with Gasteiger partial charge in [-0.25, -0.2) is 4.98 Å². The summed E-state index contributed by atoms with van der Waals surface area (Å²) in [7, 11) is 0. The van der Waals surface area contributed by atoms with Gasteiger partial charge >= 0.3 is 0 Å². The summed E-state index contributed by atoms with van der Waals surface area (Å²) in [5, 5.41) is 9.18. The highest BCUT2D eigenvalue weighted by atomic mass is 35.5. The fourth-order valence-electron chi connectivity index (χ4n) is 1.59. The van der Waals surface area contributed by atoms with Crippen LogP contribution in [0, 0.1) is 17.3 Å². The van der Waals surface area contributed by atoms with Gasteiger partial charge < -0.3 is 0 Å². The monoisotopic (exact) mass is 314 g/mol. The van der Waals surface area contributed by atoms with E-state index >= 15 is 0 Å². The van der Waals surface area contributed by atoms with E-state index in [-0.39, 0.29) is 22.0 Å². The van der Waals surface area contributed by atoms with Gasteiger partial charge in [0.25, 0.3) is 0 Å². The molecular formula is C13H6Cl3FN2. The summed E-state index contributed by atoms with van der Waals surface area (Å²) in [5.41, 5.74) is 0.981. The van der Waals surface area contributed by atoms with E-state index in [0.29, 0.717) is 16.3 Å². The van der Waals surface area contributed by atoms with Crippen molar-refractivity contribution in [3.63, 3.8) is 0 Å². The summed E-state index contributed by atoms with van der Waals surface area (Å²) in [6, 6.07) is 8.09. The molecule has 1 aromatic carbocycles. The summed E-state index contributed by atoms with van der Waals surface area (Å²) in [6.45, 7) is 0. The van der Waals surface area contributed by atoms with Gasteiger partial charge in [-0.2, -0.15) is 9.65 Å². The first-order valence-electron chi connectivity index (χ1n) is 5.21. The van der Waals surface area contributed by atoms with Gasteiger partial charge in [0.2, 0.25) is 5.95 Å². The van der Waals surface area contributed by atoms with Gasteiger partial charge in [-0.15, -0.1) is 0 Å². The standard InChI is InChI=1S/C13H6Cl3FN2/c14-10-4-3-8(11(15)12(10)16)9-2-1-7(5-6-18)19-13(9)17/h1-4H,5H2. The van der Waals surface area contributed by atoms with Gasteiger partial charge in [-0.3, -0.25) is 0 Å². The second kappa shape index (κ2) is 5.75. The predicted molar refractivity (Wildman–Crippen MR) is 74.0 cm³/mol. The predicted octanol–water partition coefficient (Wildman–Crippen LogP) is 4.91. The van der Waals surface area contributed by atoms with Gasteiger partial charge in [-0.05, 0) is 18.2 Å². The van der Waals surface area contributed by atoms with Crippen LogP contribution in [0.4, 0.5) is 4.39 Å². The number of rotatable bonds is 2. The lowest BCUT2D eigenvalue weighted by atomic mass is 10.1. The first-order chi connectivity index (χ1) is 9.04. The first kappa shape index (κ1) is 14.1. The zero-order valence-electron chi connectivity index (χ0n) is 9.42. The van der Waals surface area contributed by atoms with E-state index in [9.17, 15) is 4.39 Å². The number of halogens is 4. The molecule has 2 aromatic rings. The minimum atomic E-state index is -0.701. The van der Waals surface area contributed by atoms with Crippen molar-refractivity contribution in [1.82, 2.24) is 4.98 Å². The molecule has 0 saturated carbocycles. The number of hydrogen-bond acceptors (Lipinski definition) is 2. The molecule has 2 nitrogen and oxygen atoms in total. The van der Waals surface area contributed by atoms with Crippen molar-refractivity contribution in [2.45, 2.75) is 6.42 Å². The number of hydrogen-bond donors (Lipinski definition) is 0. The smallest absolute Gasteiger partial charge is 0.221 e. The Bertz CT molecular complexity index is 680. The molecule has 96 valence electrons. The second-order valence-corrected chi connectivity index (χ2v) is 4.86. The first-order valence-corrected chi connectivity index (χ1v) is 6.34. The number of nitrogens with zero attached hydrogens (tertiary/aromatic N) is 2. The molecule has 0 saturated heterocycles. The molecule has 0 aliphatic carbocycles. The molecule has 0 N–H and O–H groups in total. The normalized spacial score (nSPS) is 10.3. The lowest BCUT2D eigenvalue weighted by molar-refractivity contribution is 0.582. The summed E-state index contributed by atoms with van der Waals surface area (Å²) in [5.74, 6) is -0.701. The van der Waals surface area contributed by atoms with Gasteiger partial charge in [0.05, 0.1) is 33.3 Å². The van der Waals surface area contributed by atoms with Crippen LogP contribution in [-0.4, -0.2) is 4.98 Å². The molecule has 0 aliphatic heterocycles. The molecule has 0 bridgehead atoms. The molecule has 0 spiro atoms. The van der Waals surface area contributed by atoms with Crippen LogP contribution in [0.1, 0.15) is 5.69 Å². The lowest BCUT2D eigenvalue weighted by Gasteiger charge is -2.08. The zero-order chi connectivity index (χ0) is 14.0. The molecule has 0 atom stereocenters. The maximum atomic E-state index is 13.9. The van der Waals surface area contributed by atoms with Crippen molar-refractivity contribution in [2.24, 2.45) is 0 Å². The Labute approximate surface area is 124 Å². The van der Waals surface area contributed by atoms with Crippen molar-refractivity contribution in [2.75, 3.05) is 0 Å². The lowest BCUT2D eigenvalue weighted by Crippen LogP contribution is -1.95. The minimum Gasteiger partial charge on any atom is -0.223 e. The van der Waals surface area contributed by atoms with E-state index in [1.807, 2.05) is 6.07 Å². The van der Waals surface area contributed by atoms with E-state index < -0.39 is 5.95 Å². The average molecular weight is 316 g/mol.